The minimum atomic E-state index is -0.582. The smallest absolute Gasteiger partial charge is 0.261 e. The summed E-state index contributed by atoms with van der Waals surface area (Å²) in [5.74, 6) is -0.656. The predicted molar refractivity (Wildman–Crippen MR) is 105 cm³/mol. The lowest BCUT2D eigenvalue weighted by Gasteiger charge is -2.17. The Morgan fingerprint density at radius 2 is 2.07 bits per heavy atom. The molecule has 7 heteroatoms. The van der Waals surface area contributed by atoms with Crippen molar-refractivity contribution < 1.29 is 9.18 Å². The number of benzene rings is 1. The lowest BCUT2D eigenvalue weighted by atomic mass is 10.1. The molecule has 136 valence electrons. The van der Waals surface area contributed by atoms with Crippen LogP contribution >= 0.6 is 11.3 Å². The van der Waals surface area contributed by atoms with Gasteiger partial charge in [-0.3, -0.25) is 4.79 Å². The fourth-order valence-corrected chi connectivity index (χ4v) is 3.98. The molecule has 4 rings (SSSR count). The van der Waals surface area contributed by atoms with E-state index in [9.17, 15) is 9.18 Å². The second-order valence-electron chi connectivity index (χ2n) is 6.05. The highest BCUT2D eigenvalue weighted by atomic mass is 32.1. The van der Waals surface area contributed by atoms with Crippen LogP contribution < -0.4 is 11.1 Å². The van der Waals surface area contributed by atoms with Crippen molar-refractivity contribution in [1.29, 1.82) is 0 Å². The number of hydrogen-bond acceptors (Lipinski definition) is 4. The van der Waals surface area contributed by atoms with Crippen LogP contribution in [0.4, 0.5) is 4.39 Å². The maximum Gasteiger partial charge on any atom is 0.261 e. The van der Waals surface area contributed by atoms with Gasteiger partial charge in [0.25, 0.3) is 5.91 Å². The van der Waals surface area contributed by atoms with Gasteiger partial charge in [-0.1, -0.05) is 18.2 Å². The van der Waals surface area contributed by atoms with Gasteiger partial charge in [0, 0.05) is 40.3 Å². The van der Waals surface area contributed by atoms with Gasteiger partial charge < -0.3 is 16.0 Å². The van der Waals surface area contributed by atoms with E-state index in [1.807, 2.05) is 24.4 Å². The van der Waals surface area contributed by atoms with E-state index in [1.165, 1.54) is 17.4 Å². The number of H-pyrrole nitrogens is 1. The average Bonchev–Trinajstić information content (AvgIpc) is 3.35. The van der Waals surface area contributed by atoms with Gasteiger partial charge in [0.05, 0.1) is 10.9 Å². The highest BCUT2D eigenvalue weighted by Crippen LogP contribution is 2.33. The van der Waals surface area contributed by atoms with Crippen LogP contribution in [-0.2, 0) is 0 Å². The van der Waals surface area contributed by atoms with Gasteiger partial charge >= 0.3 is 0 Å². The molecule has 0 fully saturated rings. The Morgan fingerprint density at radius 1 is 1.22 bits per heavy atom. The number of aromatic amines is 1. The van der Waals surface area contributed by atoms with E-state index >= 15 is 0 Å². The number of nitrogens with zero attached hydrogens (tertiary/aromatic N) is 1. The minimum absolute atomic E-state index is 0.110. The zero-order valence-corrected chi connectivity index (χ0v) is 15.1. The third kappa shape index (κ3) is 3.34. The third-order valence-electron chi connectivity index (χ3n) is 4.38. The number of nitrogens with one attached hydrogen (secondary N) is 2. The van der Waals surface area contributed by atoms with Crippen molar-refractivity contribution in [2.45, 2.75) is 6.04 Å². The van der Waals surface area contributed by atoms with Gasteiger partial charge in [-0.25, -0.2) is 9.37 Å². The number of aromatic nitrogens is 2. The molecule has 0 radical (unpaired) electrons. The number of carbonyl (C=O) groups is 1. The number of amides is 1. The molecule has 0 saturated carbocycles. The first-order valence-electron chi connectivity index (χ1n) is 8.45. The minimum Gasteiger partial charge on any atom is -0.346 e. The van der Waals surface area contributed by atoms with Crippen LogP contribution in [-0.4, -0.2) is 22.4 Å². The Balaban J connectivity index is 1.59. The van der Waals surface area contributed by atoms with Crippen LogP contribution in [0.25, 0.3) is 21.5 Å². The normalized spacial score (nSPS) is 12.2. The third-order valence-corrected chi connectivity index (χ3v) is 5.49. The SMILES string of the molecule is NCC(NC(=O)c1ccc(-c2ccnc3[nH]ccc23)s1)c1ccccc1F. The molecule has 4 aromatic rings. The summed E-state index contributed by atoms with van der Waals surface area (Å²) in [6.07, 6.45) is 3.57. The molecule has 4 N–H and O–H groups in total. The molecule has 0 bridgehead atoms. The maximum atomic E-state index is 14.0. The molecule has 0 spiro atoms. The molecule has 3 heterocycles. The van der Waals surface area contributed by atoms with Crippen LogP contribution in [0.2, 0.25) is 0 Å². The Hall–Kier alpha value is -3.03. The van der Waals surface area contributed by atoms with E-state index in [2.05, 4.69) is 15.3 Å². The number of carbonyl (C=O) groups excluding carboxylic acids is 1. The van der Waals surface area contributed by atoms with Crippen LogP contribution in [0.5, 0.6) is 0 Å². The number of pyridine rings is 1. The molecule has 0 saturated heterocycles. The number of thiophene rings is 1. The second-order valence-corrected chi connectivity index (χ2v) is 7.13. The number of nitrogens with two attached hydrogens (primary N) is 1. The van der Waals surface area contributed by atoms with Gasteiger partial charge in [0.1, 0.15) is 11.5 Å². The van der Waals surface area contributed by atoms with E-state index < -0.39 is 6.04 Å². The Bertz CT molecular complexity index is 1100. The topological polar surface area (TPSA) is 83.8 Å². The first kappa shape index (κ1) is 17.4. The van der Waals surface area contributed by atoms with E-state index in [0.29, 0.717) is 10.4 Å². The number of hydrogen-bond donors (Lipinski definition) is 3. The predicted octanol–water partition coefficient (Wildman–Crippen LogP) is 3.86. The molecule has 1 atom stereocenters. The fourth-order valence-electron chi connectivity index (χ4n) is 3.03. The summed E-state index contributed by atoms with van der Waals surface area (Å²) in [6.45, 7) is 0.110. The van der Waals surface area contributed by atoms with Crippen molar-refractivity contribution >= 4 is 28.3 Å². The van der Waals surface area contributed by atoms with E-state index in [-0.39, 0.29) is 18.3 Å². The van der Waals surface area contributed by atoms with E-state index in [0.717, 1.165) is 21.5 Å². The largest absolute Gasteiger partial charge is 0.346 e. The van der Waals surface area contributed by atoms with Crippen molar-refractivity contribution in [3.8, 4) is 10.4 Å². The maximum absolute atomic E-state index is 14.0. The van der Waals surface area contributed by atoms with Crippen molar-refractivity contribution in [2.75, 3.05) is 6.54 Å². The Kier molecular flexibility index (Phi) is 4.70. The highest BCUT2D eigenvalue weighted by molar-refractivity contribution is 7.17. The summed E-state index contributed by atoms with van der Waals surface area (Å²) in [4.78, 5) is 21.5. The van der Waals surface area contributed by atoms with Gasteiger partial charge in [-0.05, 0) is 30.3 Å². The molecule has 1 amide bonds. The van der Waals surface area contributed by atoms with Gasteiger partial charge in [0.2, 0.25) is 0 Å². The zero-order chi connectivity index (χ0) is 18.8. The molecule has 1 unspecified atom stereocenters. The van der Waals surface area contributed by atoms with Gasteiger partial charge in [0.15, 0.2) is 0 Å². The summed E-state index contributed by atoms with van der Waals surface area (Å²) in [6, 6.07) is 13.3. The van der Waals surface area contributed by atoms with Crippen molar-refractivity contribution in [3.05, 3.63) is 77.2 Å². The molecule has 0 aliphatic rings. The van der Waals surface area contributed by atoms with Crippen molar-refractivity contribution in [3.63, 3.8) is 0 Å². The van der Waals surface area contributed by atoms with E-state index in [4.69, 9.17) is 5.73 Å². The van der Waals surface area contributed by atoms with Gasteiger partial charge in [-0.15, -0.1) is 11.3 Å². The summed E-state index contributed by atoms with van der Waals surface area (Å²) >= 11 is 1.38. The monoisotopic (exact) mass is 380 g/mol. The molecule has 3 aromatic heterocycles. The number of rotatable bonds is 5. The summed E-state index contributed by atoms with van der Waals surface area (Å²) in [5.41, 5.74) is 7.95. The van der Waals surface area contributed by atoms with Crippen LogP contribution in [0, 0.1) is 5.82 Å². The lowest BCUT2D eigenvalue weighted by molar-refractivity contribution is 0.0941. The highest BCUT2D eigenvalue weighted by Gasteiger charge is 2.19. The Morgan fingerprint density at radius 3 is 2.89 bits per heavy atom. The molecule has 27 heavy (non-hydrogen) atoms. The molecular weight excluding hydrogens is 363 g/mol. The molecular formula is C20H17FN4OS. The standard InChI is InChI=1S/C20H17FN4OS/c21-15-4-2-1-3-14(15)16(11-22)25-20(26)18-6-5-17(27-18)12-7-9-23-19-13(12)8-10-24-19/h1-10,16H,11,22H2,(H,23,24)(H,25,26). The van der Waals surface area contributed by atoms with Crippen molar-refractivity contribution in [1.82, 2.24) is 15.3 Å². The Labute approximate surface area is 159 Å². The van der Waals surface area contributed by atoms with E-state index in [1.54, 1.807) is 30.5 Å². The number of halogens is 1. The fraction of sp³-hybridized carbons (Fsp3) is 0.100. The first-order valence-corrected chi connectivity index (χ1v) is 9.26. The molecule has 0 aliphatic heterocycles. The number of fused-ring (bicyclic) bond motifs is 1. The second kappa shape index (κ2) is 7.30. The summed E-state index contributed by atoms with van der Waals surface area (Å²) in [7, 11) is 0. The molecule has 5 nitrogen and oxygen atoms in total. The van der Waals surface area contributed by atoms with Crippen molar-refractivity contribution in [2.24, 2.45) is 5.73 Å². The molecule has 1 aromatic carbocycles. The van der Waals surface area contributed by atoms with Crippen LogP contribution in [0.15, 0.2) is 60.9 Å². The molecule has 0 aliphatic carbocycles. The lowest BCUT2D eigenvalue weighted by Crippen LogP contribution is -2.33. The van der Waals surface area contributed by atoms with Crippen LogP contribution in [0.3, 0.4) is 0 Å². The van der Waals surface area contributed by atoms with Crippen LogP contribution in [0.1, 0.15) is 21.3 Å². The van der Waals surface area contributed by atoms with Gasteiger partial charge in [-0.2, -0.15) is 0 Å². The zero-order valence-electron chi connectivity index (χ0n) is 14.3. The summed E-state index contributed by atoms with van der Waals surface area (Å²) in [5, 5.41) is 3.82. The first-order chi connectivity index (χ1) is 13.2. The quantitative estimate of drug-likeness (QED) is 0.492. The summed E-state index contributed by atoms with van der Waals surface area (Å²) < 4.78 is 14.0. The average molecular weight is 380 g/mol.